The number of hydrogen-bond donors (Lipinski definition) is 2. The van der Waals surface area contributed by atoms with Crippen LogP contribution in [-0.4, -0.2) is 57.0 Å². The molecular formula is C18H24N4O4. The maximum absolute atomic E-state index is 11.7. The van der Waals surface area contributed by atoms with Crippen molar-refractivity contribution in [2.24, 2.45) is 0 Å². The summed E-state index contributed by atoms with van der Waals surface area (Å²) in [4.78, 5) is 15.0. The number of benzene rings is 1. The Morgan fingerprint density at radius 2 is 2.04 bits per heavy atom. The first-order valence-corrected chi connectivity index (χ1v) is 8.95. The van der Waals surface area contributed by atoms with E-state index in [9.17, 15) is 15.0 Å². The maximum atomic E-state index is 11.7. The summed E-state index contributed by atoms with van der Waals surface area (Å²) in [7, 11) is 0. The van der Waals surface area contributed by atoms with Crippen LogP contribution in [0, 0.1) is 0 Å². The molecule has 1 unspecified atom stereocenters. The van der Waals surface area contributed by atoms with E-state index < -0.39 is 5.97 Å². The van der Waals surface area contributed by atoms with Crippen molar-refractivity contribution < 1.29 is 19.7 Å². The van der Waals surface area contributed by atoms with Crippen molar-refractivity contribution in [1.29, 1.82) is 0 Å². The monoisotopic (exact) mass is 360 g/mol. The van der Waals surface area contributed by atoms with Crippen molar-refractivity contribution in [3.05, 3.63) is 30.0 Å². The number of nitrogens with zero attached hydrogens (tertiary/aromatic N) is 4. The molecule has 2 heterocycles. The molecule has 0 aliphatic carbocycles. The average molecular weight is 360 g/mol. The predicted octanol–water partition coefficient (Wildman–Crippen LogP) is 2.11. The number of carboxylic acid groups (broad SMARTS) is 1. The number of aromatic carboxylic acids is 1. The van der Waals surface area contributed by atoms with Crippen LogP contribution in [0.4, 0.5) is 5.82 Å². The second-order valence-corrected chi connectivity index (χ2v) is 6.25. The van der Waals surface area contributed by atoms with Gasteiger partial charge in [0, 0.05) is 19.2 Å². The molecule has 0 radical (unpaired) electrons. The van der Waals surface area contributed by atoms with Gasteiger partial charge in [-0.1, -0.05) is 0 Å². The molecule has 1 aromatic carbocycles. The van der Waals surface area contributed by atoms with Gasteiger partial charge in [-0.05, 0) is 56.9 Å². The van der Waals surface area contributed by atoms with Crippen molar-refractivity contribution in [2.75, 3.05) is 24.7 Å². The lowest BCUT2D eigenvalue weighted by atomic mass is 9.99. The third-order valence-corrected chi connectivity index (χ3v) is 4.54. The summed E-state index contributed by atoms with van der Waals surface area (Å²) in [5, 5.41) is 27.5. The quantitative estimate of drug-likeness (QED) is 0.780. The number of hydrogen-bond acceptors (Lipinski definition) is 6. The van der Waals surface area contributed by atoms with Gasteiger partial charge < -0.3 is 19.8 Å². The number of rotatable bonds is 7. The van der Waals surface area contributed by atoms with E-state index >= 15 is 0 Å². The number of piperidine rings is 1. The van der Waals surface area contributed by atoms with Crippen LogP contribution >= 0.6 is 0 Å². The normalized spacial score (nSPS) is 17.3. The molecule has 1 fully saturated rings. The number of aliphatic hydroxyl groups excluding tert-OH is 1. The zero-order valence-electron chi connectivity index (χ0n) is 14.8. The molecule has 1 saturated heterocycles. The van der Waals surface area contributed by atoms with Gasteiger partial charge in [-0.2, -0.15) is 0 Å². The molecule has 0 spiro atoms. The Hall–Kier alpha value is -2.61. The molecule has 8 heteroatoms. The summed E-state index contributed by atoms with van der Waals surface area (Å²) < 4.78 is 5.42. The average Bonchev–Trinajstić information content (AvgIpc) is 3.09. The fraction of sp³-hybridized carbons (Fsp3) is 0.500. The molecule has 1 atom stereocenters. The maximum Gasteiger partial charge on any atom is 0.360 e. The van der Waals surface area contributed by atoms with Gasteiger partial charge >= 0.3 is 5.97 Å². The topological polar surface area (TPSA) is 101 Å². The number of carboxylic acids is 1. The van der Waals surface area contributed by atoms with Gasteiger partial charge in [0.1, 0.15) is 5.75 Å². The Morgan fingerprint density at radius 3 is 2.69 bits per heavy atom. The molecular weight excluding hydrogens is 336 g/mol. The van der Waals surface area contributed by atoms with Crippen LogP contribution in [0.25, 0.3) is 5.69 Å². The minimum absolute atomic E-state index is 0.0660. The Balaban J connectivity index is 1.94. The lowest BCUT2D eigenvalue weighted by molar-refractivity contribution is 0.0690. The number of aliphatic hydroxyl groups is 1. The molecule has 1 aliphatic heterocycles. The van der Waals surface area contributed by atoms with Crippen LogP contribution in [0.2, 0.25) is 0 Å². The molecule has 2 aromatic rings. The van der Waals surface area contributed by atoms with E-state index in [2.05, 4.69) is 10.2 Å². The number of aromatic nitrogens is 3. The minimum Gasteiger partial charge on any atom is -0.494 e. The van der Waals surface area contributed by atoms with Crippen LogP contribution in [0.1, 0.15) is 43.1 Å². The Bertz CT molecular complexity index is 742. The zero-order chi connectivity index (χ0) is 18.5. The summed E-state index contributed by atoms with van der Waals surface area (Å²) in [5.74, 6) is -0.00355. The SMILES string of the molecule is CCOc1ccc(-n2nc(C(=O)O)c(N3CCCCC3CCO)n2)cc1. The van der Waals surface area contributed by atoms with Gasteiger partial charge in [0.05, 0.1) is 12.3 Å². The molecule has 0 saturated carbocycles. The smallest absolute Gasteiger partial charge is 0.360 e. The highest BCUT2D eigenvalue weighted by Gasteiger charge is 2.30. The van der Waals surface area contributed by atoms with E-state index in [4.69, 9.17) is 4.74 Å². The van der Waals surface area contributed by atoms with Crippen LogP contribution in [0.3, 0.4) is 0 Å². The van der Waals surface area contributed by atoms with Gasteiger partial charge in [0.25, 0.3) is 0 Å². The lowest BCUT2D eigenvalue weighted by Crippen LogP contribution is -2.41. The molecule has 8 nitrogen and oxygen atoms in total. The number of ether oxygens (including phenoxy) is 1. The fourth-order valence-corrected chi connectivity index (χ4v) is 3.32. The highest BCUT2D eigenvalue weighted by Crippen LogP contribution is 2.28. The second kappa shape index (κ2) is 8.18. The van der Waals surface area contributed by atoms with E-state index in [1.54, 1.807) is 24.3 Å². The van der Waals surface area contributed by atoms with Gasteiger partial charge in [-0.3, -0.25) is 0 Å². The summed E-state index contributed by atoms with van der Waals surface area (Å²) in [6.07, 6.45) is 3.54. The molecule has 26 heavy (non-hydrogen) atoms. The fourth-order valence-electron chi connectivity index (χ4n) is 3.32. The second-order valence-electron chi connectivity index (χ2n) is 6.25. The molecule has 1 aromatic heterocycles. The molecule has 3 rings (SSSR count). The van der Waals surface area contributed by atoms with E-state index in [1.807, 2.05) is 11.8 Å². The van der Waals surface area contributed by atoms with Crippen molar-refractivity contribution in [1.82, 2.24) is 15.0 Å². The first kappa shape index (κ1) is 18.2. The summed E-state index contributed by atoms with van der Waals surface area (Å²) in [6.45, 7) is 3.27. The summed E-state index contributed by atoms with van der Waals surface area (Å²) in [5.41, 5.74) is 0.599. The van der Waals surface area contributed by atoms with Gasteiger partial charge in [-0.15, -0.1) is 15.0 Å². The Morgan fingerprint density at radius 1 is 1.27 bits per heavy atom. The van der Waals surface area contributed by atoms with E-state index in [0.717, 1.165) is 25.0 Å². The standard InChI is InChI=1S/C18H24N4O4/c1-2-26-15-8-6-14(7-9-15)22-19-16(18(24)25)17(20-22)21-11-4-3-5-13(21)10-12-23/h6-9,13,23H,2-5,10-12H2,1H3,(H,24,25). The van der Waals surface area contributed by atoms with Crippen molar-refractivity contribution in [2.45, 2.75) is 38.6 Å². The van der Waals surface area contributed by atoms with Gasteiger partial charge in [0.2, 0.25) is 5.69 Å². The highest BCUT2D eigenvalue weighted by molar-refractivity contribution is 5.91. The largest absolute Gasteiger partial charge is 0.494 e. The predicted molar refractivity (Wildman–Crippen MR) is 96.2 cm³/mol. The van der Waals surface area contributed by atoms with Crippen LogP contribution in [0.5, 0.6) is 5.75 Å². The molecule has 1 aliphatic rings. The lowest BCUT2D eigenvalue weighted by Gasteiger charge is -2.35. The van der Waals surface area contributed by atoms with E-state index in [-0.39, 0.29) is 18.3 Å². The number of anilines is 1. The summed E-state index contributed by atoms with van der Waals surface area (Å²) in [6, 6.07) is 7.27. The van der Waals surface area contributed by atoms with Crippen LogP contribution in [-0.2, 0) is 0 Å². The molecule has 0 bridgehead atoms. The molecule has 0 amide bonds. The third-order valence-electron chi connectivity index (χ3n) is 4.54. The highest BCUT2D eigenvalue weighted by atomic mass is 16.5. The Kier molecular flexibility index (Phi) is 5.72. The summed E-state index contributed by atoms with van der Waals surface area (Å²) >= 11 is 0. The zero-order valence-corrected chi connectivity index (χ0v) is 14.8. The number of carbonyl (C=O) groups is 1. The van der Waals surface area contributed by atoms with Crippen molar-refractivity contribution in [3.8, 4) is 11.4 Å². The first-order chi connectivity index (χ1) is 12.6. The molecule has 2 N–H and O–H groups in total. The van der Waals surface area contributed by atoms with Crippen molar-refractivity contribution in [3.63, 3.8) is 0 Å². The van der Waals surface area contributed by atoms with Crippen molar-refractivity contribution >= 4 is 11.8 Å². The Labute approximate surface area is 152 Å². The minimum atomic E-state index is -1.11. The third kappa shape index (κ3) is 3.80. The first-order valence-electron chi connectivity index (χ1n) is 8.95. The van der Waals surface area contributed by atoms with E-state index in [0.29, 0.717) is 31.1 Å². The van der Waals surface area contributed by atoms with Gasteiger partial charge in [-0.25, -0.2) is 4.79 Å². The van der Waals surface area contributed by atoms with Crippen LogP contribution < -0.4 is 9.64 Å². The van der Waals surface area contributed by atoms with Gasteiger partial charge in [0.15, 0.2) is 5.82 Å². The van der Waals surface area contributed by atoms with E-state index in [1.165, 1.54) is 4.80 Å². The van der Waals surface area contributed by atoms with Crippen LogP contribution in [0.15, 0.2) is 24.3 Å². The molecule has 140 valence electrons.